The smallest absolute Gasteiger partial charge is 0 e. The maximum absolute atomic E-state index is 8.88. The normalized spacial score (nSPS) is 8.43. The molecule has 0 spiro atoms. The van der Waals surface area contributed by atoms with Crippen molar-refractivity contribution >= 4 is 33.7 Å². The van der Waals surface area contributed by atoms with Gasteiger partial charge in [0.05, 0.1) is 0 Å². The minimum Gasteiger partial charge on any atom is 0 e. The molecule has 0 aliphatic carbocycles. The molecule has 0 aromatic rings. The standard InChI is InChI=1S/In.H3O4P.Y.3H/c;1-5(2,3)4;;;;/h;(H3,1,2,3,4);;;;. The van der Waals surface area contributed by atoms with Gasteiger partial charge in [-0.15, -0.1) is 0 Å². The molecule has 0 fully saturated rings. The van der Waals surface area contributed by atoms with Crippen molar-refractivity contribution in [3.63, 3.8) is 0 Å². The van der Waals surface area contributed by atoms with E-state index in [9.17, 15) is 0 Å². The molecule has 0 aliphatic heterocycles. The van der Waals surface area contributed by atoms with Gasteiger partial charge in [-0.2, -0.15) is 0 Å². The van der Waals surface area contributed by atoms with Gasteiger partial charge in [-0.05, 0) is 0 Å². The zero-order valence-electron chi connectivity index (χ0n) is 2.77. The number of phosphoric acid groups is 1. The number of hydrogen-bond acceptors (Lipinski definition) is 1. The zero-order chi connectivity index (χ0) is 4.50. The van der Waals surface area contributed by atoms with E-state index in [0.29, 0.717) is 0 Å². The van der Waals surface area contributed by atoms with E-state index in [-0.39, 0.29) is 58.6 Å². The summed E-state index contributed by atoms with van der Waals surface area (Å²) in [6.07, 6.45) is 0. The van der Waals surface area contributed by atoms with Gasteiger partial charge in [-0.1, -0.05) is 0 Å². The third-order valence-corrected chi connectivity index (χ3v) is 0. The molecule has 7 heteroatoms. The molecule has 0 aromatic heterocycles. The second-order valence-corrected chi connectivity index (χ2v) is 1.54. The summed E-state index contributed by atoms with van der Waals surface area (Å²) < 4.78 is 8.88. The zero-order valence-corrected chi connectivity index (χ0v) is 6.51. The molecule has 0 bridgehead atoms. The molecule has 0 rings (SSSR count). The maximum atomic E-state index is 8.88. The van der Waals surface area contributed by atoms with Crippen molar-refractivity contribution in [2.24, 2.45) is 0 Å². The first-order valence-corrected chi connectivity index (χ1v) is 2.35. The van der Waals surface area contributed by atoms with Crippen molar-refractivity contribution < 1.29 is 52.0 Å². The quantitative estimate of drug-likeness (QED) is 0.448. The fraction of sp³-hybridized carbons (Fsp3) is 0. The van der Waals surface area contributed by atoms with Gasteiger partial charge >= 0.3 is 33.7 Å². The molecule has 7 heavy (non-hydrogen) atoms. The minimum atomic E-state index is -4.64. The van der Waals surface area contributed by atoms with Gasteiger partial charge in [-0.25, -0.2) is 4.57 Å². The van der Waals surface area contributed by atoms with E-state index in [1.54, 1.807) is 0 Å². The average molecular weight is 305 g/mol. The van der Waals surface area contributed by atoms with Crippen molar-refractivity contribution in [3.8, 4) is 0 Å². The van der Waals surface area contributed by atoms with Crippen molar-refractivity contribution in [2.45, 2.75) is 0 Å². The van der Waals surface area contributed by atoms with Gasteiger partial charge in [0, 0.05) is 32.7 Å². The molecular weight excluding hydrogens is 299 g/mol. The van der Waals surface area contributed by atoms with Crippen LogP contribution in [0.4, 0.5) is 0 Å². The molecule has 41 valence electrons. The molecule has 3 N–H and O–H groups in total. The Morgan fingerprint density at radius 2 is 1.14 bits per heavy atom. The Balaban J connectivity index is -0.0000000800. The van der Waals surface area contributed by atoms with Crippen LogP contribution in [0.3, 0.4) is 0 Å². The van der Waals surface area contributed by atoms with E-state index in [0.717, 1.165) is 0 Å². The van der Waals surface area contributed by atoms with Crippen LogP contribution in [0.1, 0.15) is 0 Å². The fourth-order valence-corrected chi connectivity index (χ4v) is 0. The van der Waals surface area contributed by atoms with E-state index in [4.69, 9.17) is 19.2 Å². The van der Waals surface area contributed by atoms with E-state index >= 15 is 0 Å². The summed E-state index contributed by atoms with van der Waals surface area (Å²) in [5.41, 5.74) is 0. The molecule has 0 unspecified atom stereocenters. The molecule has 0 heterocycles. The summed E-state index contributed by atoms with van der Waals surface area (Å²) in [7, 11) is -4.64. The summed E-state index contributed by atoms with van der Waals surface area (Å²) in [4.78, 5) is 21.6. The summed E-state index contributed by atoms with van der Waals surface area (Å²) in [6.45, 7) is 0. The van der Waals surface area contributed by atoms with Crippen molar-refractivity contribution in [1.82, 2.24) is 0 Å². The first kappa shape index (κ1) is 16.0. The molecule has 0 saturated heterocycles. The predicted octanol–water partition coefficient (Wildman–Crippen LogP) is -2.12. The summed E-state index contributed by atoms with van der Waals surface area (Å²) in [5.74, 6) is 0. The Hall–Kier alpha value is 2.08. The molecule has 0 aromatic carbocycles. The Morgan fingerprint density at radius 1 is 1.14 bits per heavy atom. The largest absolute Gasteiger partial charge is 0 e. The van der Waals surface area contributed by atoms with Crippen LogP contribution in [-0.4, -0.2) is 40.5 Å². The van der Waals surface area contributed by atoms with Crippen molar-refractivity contribution in [1.29, 1.82) is 0 Å². The summed E-state index contributed by atoms with van der Waals surface area (Å²) >= 11 is 0. The number of rotatable bonds is 0. The maximum Gasteiger partial charge on any atom is 0 e. The third kappa shape index (κ3) is 68.9. The second-order valence-electron chi connectivity index (χ2n) is 0.513. The van der Waals surface area contributed by atoms with Gasteiger partial charge in [0.25, 0.3) is 0 Å². The van der Waals surface area contributed by atoms with E-state index in [2.05, 4.69) is 0 Å². The minimum absolute atomic E-state index is 0. The Bertz CT molecular complexity index is 57.8. The van der Waals surface area contributed by atoms with E-state index in [1.807, 2.05) is 0 Å². The Labute approximate surface area is 84.6 Å². The van der Waals surface area contributed by atoms with Crippen LogP contribution in [0.15, 0.2) is 0 Å². The van der Waals surface area contributed by atoms with E-state index in [1.165, 1.54) is 0 Å². The first-order chi connectivity index (χ1) is 2.00. The van der Waals surface area contributed by atoms with Gasteiger partial charge in [0.2, 0.25) is 0 Å². The van der Waals surface area contributed by atoms with Crippen molar-refractivity contribution in [3.05, 3.63) is 0 Å². The van der Waals surface area contributed by atoms with Crippen LogP contribution in [0.5, 0.6) is 0 Å². The average Bonchev–Trinajstić information content (AvgIpc) is 0.722. The first-order valence-electron chi connectivity index (χ1n) is 0.783. The summed E-state index contributed by atoms with van der Waals surface area (Å²) in [5, 5.41) is 0. The molecule has 1 radical (unpaired) electrons. The fourth-order valence-electron chi connectivity index (χ4n) is 0. The molecule has 0 amide bonds. The van der Waals surface area contributed by atoms with Crippen LogP contribution in [0, 0.1) is 0 Å². The molecular formula is H6InO4PY. The molecule has 0 atom stereocenters. The Kier molecular flexibility index (Phi) is 14.2. The van der Waals surface area contributed by atoms with Gasteiger partial charge in [-0.3, -0.25) is 0 Å². The van der Waals surface area contributed by atoms with Crippen LogP contribution >= 0.6 is 7.82 Å². The monoisotopic (exact) mass is 305 g/mol. The second kappa shape index (κ2) is 6.21. The van der Waals surface area contributed by atoms with Crippen molar-refractivity contribution in [2.75, 3.05) is 0 Å². The van der Waals surface area contributed by atoms with Crippen LogP contribution < -0.4 is 0 Å². The molecule has 4 nitrogen and oxygen atoms in total. The summed E-state index contributed by atoms with van der Waals surface area (Å²) in [6, 6.07) is 0. The number of hydrogen-bond donors (Lipinski definition) is 3. The topological polar surface area (TPSA) is 77.8 Å². The Morgan fingerprint density at radius 3 is 1.14 bits per heavy atom. The molecule has 0 saturated carbocycles. The third-order valence-electron chi connectivity index (χ3n) is 0. The van der Waals surface area contributed by atoms with Gasteiger partial charge in [0.15, 0.2) is 0 Å². The van der Waals surface area contributed by atoms with Crippen LogP contribution in [-0.2, 0) is 37.3 Å². The van der Waals surface area contributed by atoms with Gasteiger partial charge in [0.1, 0.15) is 0 Å². The van der Waals surface area contributed by atoms with Crippen LogP contribution in [0.25, 0.3) is 0 Å². The SMILES string of the molecule is O=P(O)(O)O.[InH3].[Y]. The van der Waals surface area contributed by atoms with Crippen LogP contribution in [0.2, 0.25) is 0 Å². The molecule has 0 aliphatic rings. The predicted molar refractivity (Wildman–Crippen MR) is 24.2 cm³/mol. The van der Waals surface area contributed by atoms with Gasteiger partial charge < -0.3 is 14.7 Å². The van der Waals surface area contributed by atoms with E-state index < -0.39 is 7.82 Å².